The van der Waals surface area contributed by atoms with Gasteiger partial charge in [0, 0.05) is 6.54 Å². The van der Waals surface area contributed by atoms with Gasteiger partial charge in [-0.2, -0.15) is 0 Å². The van der Waals surface area contributed by atoms with Gasteiger partial charge in [0.15, 0.2) is 0 Å². The van der Waals surface area contributed by atoms with Crippen molar-refractivity contribution in [2.75, 3.05) is 11.9 Å². The van der Waals surface area contributed by atoms with Crippen molar-refractivity contribution in [2.45, 2.75) is 45.1 Å². The van der Waals surface area contributed by atoms with E-state index < -0.39 is 0 Å². The highest BCUT2D eigenvalue weighted by atomic mass is 16.4. The number of aromatic nitrogens is 2. The molecule has 0 amide bonds. The third-order valence-electron chi connectivity index (χ3n) is 3.10. The minimum Gasteiger partial charge on any atom is -0.406 e. The molecule has 5 heteroatoms. The SMILES string of the molecule is CC(N)c1nnc(NCC2CCCCC2)o1. The van der Waals surface area contributed by atoms with E-state index in [1.165, 1.54) is 32.1 Å². The minimum atomic E-state index is -0.197. The van der Waals surface area contributed by atoms with E-state index in [1.807, 2.05) is 6.92 Å². The highest BCUT2D eigenvalue weighted by molar-refractivity contribution is 5.17. The Labute approximate surface area is 95.8 Å². The fourth-order valence-corrected chi connectivity index (χ4v) is 2.11. The first-order valence-electron chi connectivity index (χ1n) is 6.08. The monoisotopic (exact) mass is 224 g/mol. The van der Waals surface area contributed by atoms with Crippen molar-refractivity contribution in [1.29, 1.82) is 0 Å². The lowest BCUT2D eigenvalue weighted by Gasteiger charge is -2.20. The van der Waals surface area contributed by atoms with Crippen LogP contribution in [0.3, 0.4) is 0 Å². The molecule has 0 bridgehead atoms. The standard InChI is InChI=1S/C11H20N4O/c1-8(12)10-14-15-11(16-10)13-7-9-5-3-2-4-6-9/h8-9H,2-7,12H2,1H3,(H,13,15). The van der Waals surface area contributed by atoms with Crippen molar-refractivity contribution in [3.63, 3.8) is 0 Å². The third kappa shape index (κ3) is 2.95. The van der Waals surface area contributed by atoms with Crippen LogP contribution in [0, 0.1) is 5.92 Å². The molecule has 1 aromatic rings. The Kier molecular flexibility index (Phi) is 3.77. The van der Waals surface area contributed by atoms with Gasteiger partial charge in [-0.3, -0.25) is 0 Å². The Morgan fingerprint density at radius 1 is 1.38 bits per heavy atom. The largest absolute Gasteiger partial charge is 0.406 e. The van der Waals surface area contributed by atoms with Crippen LogP contribution in [0.2, 0.25) is 0 Å². The van der Waals surface area contributed by atoms with Crippen LogP contribution in [0.5, 0.6) is 0 Å². The van der Waals surface area contributed by atoms with Crippen molar-refractivity contribution in [3.8, 4) is 0 Å². The van der Waals surface area contributed by atoms with E-state index in [1.54, 1.807) is 0 Å². The van der Waals surface area contributed by atoms with Crippen LogP contribution < -0.4 is 11.1 Å². The summed E-state index contributed by atoms with van der Waals surface area (Å²) in [5.74, 6) is 1.24. The van der Waals surface area contributed by atoms with Gasteiger partial charge >= 0.3 is 6.01 Å². The van der Waals surface area contributed by atoms with Crippen molar-refractivity contribution in [2.24, 2.45) is 11.7 Å². The molecular formula is C11H20N4O. The van der Waals surface area contributed by atoms with Gasteiger partial charge in [0.25, 0.3) is 0 Å². The average Bonchev–Trinajstić information content (AvgIpc) is 2.76. The van der Waals surface area contributed by atoms with Gasteiger partial charge in [-0.1, -0.05) is 24.4 Å². The van der Waals surface area contributed by atoms with Crippen molar-refractivity contribution < 1.29 is 4.42 Å². The molecule has 3 N–H and O–H groups in total. The molecule has 0 aromatic carbocycles. The first-order chi connectivity index (χ1) is 7.75. The first kappa shape index (κ1) is 11.4. The Bertz CT molecular complexity index is 318. The summed E-state index contributed by atoms with van der Waals surface area (Å²) in [7, 11) is 0. The van der Waals surface area contributed by atoms with Gasteiger partial charge in [-0.15, -0.1) is 5.10 Å². The predicted molar refractivity (Wildman–Crippen MR) is 62.0 cm³/mol. The molecule has 1 aliphatic carbocycles. The molecule has 90 valence electrons. The Morgan fingerprint density at radius 2 is 2.12 bits per heavy atom. The van der Waals surface area contributed by atoms with E-state index in [-0.39, 0.29) is 6.04 Å². The lowest BCUT2D eigenvalue weighted by atomic mass is 9.89. The average molecular weight is 224 g/mol. The molecule has 1 aromatic heterocycles. The van der Waals surface area contributed by atoms with Crippen LogP contribution >= 0.6 is 0 Å². The summed E-state index contributed by atoms with van der Waals surface area (Å²) in [6, 6.07) is 0.301. The highest BCUT2D eigenvalue weighted by Crippen LogP contribution is 2.23. The van der Waals surface area contributed by atoms with E-state index >= 15 is 0 Å². The number of anilines is 1. The molecule has 0 spiro atoms. The molecule has 0 aliphatic heterocycles. The fraction of sp³-hybridized carbons (Fsp3) is 0.818. The summed E-state index contributed by atoms with van der Waals surface area (Å²) in [6.07, 6.45) is 6.69. The second kappa shape index (κ2) is 5.30. The summed E-state index contributed by atoms with van der Waals surface area (Å²) >= 11 is 0. The Hall–Kier alpha value is -1.10. The maximum Gasteiger partial charge on any atom is 0.315 e. The minimum absolute atomic E-state index is 0.197. The number of rotatable bonds is 4. The third-order valence-corrected chi connectivity index (χ3v) is 3.10. The van der Waals surface area contributed by atoms with E-state index in [0.717, 1.165) is 12.5 Å². The van der Waals surface area contributed by atoms with Gasteiger partial charge in [0.2, 0.25) is 5.89 Å². The smallest absolute Gasteiger partial charge is 0.315 e. The van der Waals surface area contributed by atoms with Gasteiger partial charge in [0.1, 0.15) is 0 Å². The van der Waals surface area contributed by atoms with Crippen molar-refractivity contribution >= 4 is 6.01 Å². The molecule has 1 fully saturated rings. The number of nitrogens with one attached hydrogen (secondary N) is 1. The predicted octanol–water partition coefficient (Wildman–Crippen LogP) is 2.08. The molecule has 0 saturated heterocycles. The molecule has 1 aliphatic rings. The molecule has 0 radical (unpaired) electrons. The van der Waals surface area contributed by atoms with Crippen LogP contribution in [-0.4, -0.2) is 16.7 Å². The number of hydrogen-bond acceptors (Lipinski definition) is 5. The van der Waals surface area contributed by atoms with E-state index in [4.69, 9.17) is 10.2 Å². The second-order valence-electron chi connectivity index (χ2n) is 4.62. The summed E-state index contributed by atoms with van der Waals surface area (Å²) in [4.78, 5) is 0. The molecule has 1 heterocycles. The lowest BCUT2D eigenvalue weighted by molar-refractivity contribution is 0.369. The number of nitrogens with zero attached hydrogens (tertiary/aromatic N) is 2. The van der Waals surface area contributed by atoms with E-state index in [9.17, 15) is 0 Å². The number of nitrogens with two attached hydrogens (primary N) is 1. The molecule has 16 heavy (non-hydrogen) atoms. The summed E-state index contributed by atoms with van der Waals surface area (Å²) in [5.41, 5.74) is 5.64. The molecule has 1 atom stereocenters. The van der Waals surface area contributed by atoms with Crippen LogP contribution in [0.25, 0.3) is 0 Å². The maximum atomic E-state index is 5.64. The summed E-state index contributed by atoms with van der Waals surface area (Å²) in [5, 5.41) is 11.0. The maximum absolute atomic E-state index is 5.64. The normalized spacial score (nSPS) is 19.6. The highest BCUT2D eigenvalue weighted by Gasteiger charge is 2.15. The zero-order valence-corrected chi connectivity index (χ0v) is 9.78. The molecule has 5 nitrogen and oxygen atoms in total. The zero-order valence-electron chi connectivity index (χ0n) is 9.78. The van der Waals surface area contributed by atoms with Crippen molar-refractivity contribution in [3.05, 3.63) is 5.89 Å². The fourth-order valence-electron chi connectivity index (χ4n) is 2.11. The van der Waals surface area contributed by atoms with Crippen LogP contribution in [0.4, 0.5) is 6.01 Å². The van der Waals surface area contributed by atoms with Gasteiger partial charge in [0.05, 0.1) is 6.04 Å². The summed E-state index contributed by atoms with van der Waals surface area (Å²) < 4.78 is 5.38. The van der Waals surface area contributed by atoms with Gasteiger partial charge in [-0.05, 0) is 25.7 Å². The molecule has 2 rings (SSSR count). The van der Waals surface area contributed by atoms with E-state index in [0.29, 0.717) is 11.9 Å². The lowest BCUT2D eigenvalue weighted by Crippen LogP contribution is -2.17. The zero-order chi connectivity index (χ0) is 11.4. The van der Waals surface area contributed by atoms with Crippen LogP contribution in [0.1, 0.15) is 51.0 Å². The summed E-state index contributed by atoms with van der Waals surface area (Å²) in [6.45, 7) is 2.76. The molecule has 1 saturated carbocycles. The Balaban J connectivity index is 1.79. The first-order valence-corrected chi connectivity index (χ1v) is 6.08. The van der Waals surface area contributed by atoms with E-state index in [2.05, 4.69) is 15.5 Å². The van der Waals surface area contributed by atoms with Gasteiger partial charge in [-0.25, -0.2) is 0 Å². The Morgan fingerprint density at radius 3 is 2.75 bits per heavy atom. The van der Waals surface area contributed by atoms with Gasteiger partial charge < -0.3 is 15.5 Å². The quantitative estimate of drug-likeness (QED) is 0.818. The second-order valence-corrected chi connectivity index (χ2v) is 4.62. The number of hydrogen-bond donors (Lipinski definition) is 2. The van der Waals surface area contributed by atoms with Crippen molar-refractivity contribution in [1.82, 2.24) is 10.2 Å². The van der Waals surface area contributed by atoms with Crippen LogP contribution in [0.15, 0.2) is 4.42 Å². The van der Waals surface area contributed by atoms with Crippen LogP contribution in [-0.2, 0) is 0 Å². The topological polar surface area (TPSA) is 77.0 Å². The molecular weight excluding hydrogens is 204 g/mol. The molecule has 1 unspecified atom stereocenters.